The maximum atomic E-state index is 11.7. The summed E-state index contributed by atoms with van der Waals surface area (Å²) in [6.07, 6.45) is 3.68. The van der Waals surface area contributed by atoms with Crippen LogP contribution in [0.4, 0.5) is 0 Å². The number of ether oxygens (including phenoxy) is 2. The van der Waals surface area contributed by atoms with Crippen molar-refractivity contribution in [3.63, 3.8) is 0 Å². The number of hydrogen-bond donors (Lipinski definition) is 0. The van der Waals surface area contributed by atoms with Crippen LogP contribution in [0, 0.1) is 0 Å². The molecule has 3 aromatic rings. The van der Waals surface area contributed by atoms with E-state index in [2.05, 4.69) is 4.98 Å². The van der Waals surface area contributed by atoms with E-state index in [1.807, 2.05) is 28.8 Å². The molecule has 0 aliphatic heterocycles. The monoisotopic (exact) mass is 350 g/mol. The largest absolute Gasteiger partial charge is 0.480 e. The average molecular weight is 351 g/mol. The lowest BCUT2D eigenvalue weighted by Gasteiger charge is -2.07. The molecule has 0 unspecified atom stereocenters. The summed E-state index contributed by atoms with van der Waals surface area (Å²) in [5, 5.41) is 0.836. The summed E-state index contributed by atoms with van der Waals surface area (Å²) in [5.74, 6) is -0.131. The number of rotatable bonds is 5. The molecule has 118 valence electrons. The van der Waals surface area contributed by atoms with Gasteiger partial charge in [0.1, 0.15) is 18.0 Å². The second kappa shape index (κ2) is 6.89. The fourth-order valence-electron chi connectivity index (χ4n) is 1.98. The molecule has 1 aromatic carbocycles. The zero-order valence-electron chi connectivity index (χ0n) is 11.9. The van der Waals surface area contributed by atoms with Crippen molar-refractivity contribution in [1.29, 1.82) is 0 Å². The van der Waals surface area contributed by atoms with Crippen molar-refractivity contribution in [2.45, 2.75) is 6.61 Å². The van der Waals surface area contributed by atoms with E-state index in [0.29, 0.717) is 21.5 Å². The van der Waals surface area contributed by atoms with Gasteiger partial charge in [-0.1, -0.05) is 29.3 Å². The lowest BCUT2D eigenvalue weighted by molar-refractivity contribution is -0.147. The molecule has 0 aliphatic rings. The van der Waals surface area contributed by atoms with Crippen molar-refractivity contribution in [3.05, 3.63) is 64.5 Å². The third kappa shape index (κ3) is 3.94. The number of imidazole rings is 1. The number of nitrogens with zero attached hydrogens (tertiary/aromatic N) is 2. The predicted octanol–water partition coefficient (Wildman–Crippen LogP) is 3.76. The SMILES string of the molecule is O=C(COc1ccc(Cl)cc1Cl)OCc1cn2ccccc2n1. The van der Waals surface area contributed by atoms with E-state index >= 15 is 0 Å². The van der Waals surface area contributed by atoms with Crippen LogP contribution in [-0.4, -0.2) is 22.0 Å². The first-order valence-electron chi connectivity index (χ1n) is 6.78. The molecule has 0 saturated carbocycles. The standard InChI is InChI=1S/C16H12Cl2N2O3/c17-11-4-5-14(13(18)7-11)22-10-16(21)23-9-12-8-20-6-2-1-3-15(20)19-12/h1-8H,9-10H2. The van der Waals surface area contributed by atoms with Crippen LogP contribution >= 0.6 is 23.2 Å². The minimum absolute atomic E-state index is 0.0816. The Hall–Kier alpha value is -2.24. The first-order valence-corrected chi connectivity index (χ1v) is 7.53. The van der Waals surface area contributed by atoms with Crippen LogP contribution in [0.3, 0.4) is 0 Å². The molecule has 23 heavy (non-hydrogen) atoms. The number of esters is 1. The molecule has 0 amide bonds. The first kappa shape index (κ1) is 15.6. The van der Waals surface area contributed by atoms with Gasteiger partial charge in [0.05, 0.1) is 10.7 Å². The zero-order chi connectivity index (χ0) is 16.2. The van der Waals surface area contributed by atoms with E-state index < -0.39 is 5.97 Å². The Kier molecular flexibility index (Phi) is 4.69. The number of benzene rings is 1. The molecule has 0 spiro atoms. The molecule has 0 N–H and O–H groups in total. The van der Waals surface area contributed by atoms with Gasteiger partial charge in [-0.2, -0.15) is 0 Å². The summed E-state index contributed by atoms with van der Waals surface area (Å²) in [6, 6.07) is 10.4. The molecular formula is C16H12Cl2N2O3. The van der Waals surface area contributed by atoms with E-state index in [0.717, 1.165) is 5.65 Å². The molecule has 7 heteroatoms. The third-order valence-electron chi connectivity index (χ3n) is 3.03. The van der Waals surface area contributed by atoms with Gasteiger partial charge >= 0.3 is 5.97 Å². The summed E-state index contributed by atoms with van der Waals surface area (Å²) in [6.45, 7) is -0.160. The first-order chi connectivity index (χ1) is 11.1. The Morgan fingerprint density at radius 2 is 2.09 bits per heavy atom. The summed E-state index contributed by atoms with van der Waals surface area (Å²) < 4.78 is 12.3. The summed E-state index contributed by atoms with van der Waals surface area (Å²) >= 11 is 11.7. The number of hydrogen-bond acceptors (Lipinski definition) is 4. The second-order valence-corrected chi connectivity index (χ2v) is 5.57. The van der Waals surface area contributed by atoms with Crippen molar-refractivity contribution >= 4 is 34.8 Å². The molecular weight excluding hydrogens is 339 g/mol. The average Bonchev–Trinajstić information content (AvgIpc) is 2.95. The van der Waals surface area contributed by atoms with Crippen molar-refractivity contribution < 1.29 is 14.3 Å². The van der Waals surface area contributed by atoms with E-state index in [1.165, 1.54) is 0 Å². The fourth-order valence-corrected chi connectivity index (χ4v) is 2.44. The lowest BCUT2D eigenvalue weighted by Crippen LogP contribution is -2.15. The number of halogens is 2. The Bertz CT molecular complexity index is 815. The smallest absolute Gasteiger partial charge is 0.344 e. The molecule has 0 saturated heterocycles. The van der Waals surface area contributed by atoms with Gasteiger partial charge in [-0.25, -0.2) is 9.78 Å². The Labute approximate surface area is 142 Å². The zero-order valence-corrected chi connectivity index (χ0v) is 13.4. The van der Waals surface area contributed by atoms with Gasteiger partial charge in [-0.15, -0.1) is 0 Å². The number of carbonyl (C=O) groups excluding carboxylic acids is 1. The molecule has 0 bridgehead atoms. The quantitative estimate of drug-likeness (QED) is 0.657. The topological polar surface area (TPSA) is 52.8 Å². The summed E-state index contributed by atoms with van der Waals surface area (Å²) in [5.41, 5.74) is 1.46. The van der Waals surface area contributed by atoms with Gasteiger partial charge in [0.25, 0.3) is 0 Å². The fraction of sp³-hybridized carbons (Fsp3) is 0.125. The van der Waals surface area contributed by atoms with Crippen LogP contribution in [0.5, 0.6) is 5.75 Å². The summed E-state index contributed by atoms with van der Waals surface area (Å²) in [7, 11) is 0. The predicted molar refractivity (Wildman–Crippen MR) is 86.9 cm³/mol. The molecule has 2 heterocycles. The minimum atomic E-state index is -0.506. The van der Waals surface area contributed by atoms with Crippen LogP contribution in [0.15, 0.2) is 48.8 Å². The van der Waals surface area contributed by atoms with Crippen molar-refractivity contribution in [1.82, 2.24) is 9.38 Å². The van der Waals surface area contributed by atoms with E-state index in [4.69, 9.17) is 32.7 Å². The lowest BCUT2D eigenvalue weighted by atomic mass is 10.3. The van der Waals surface area contributed by atoms with E-state index in [1.54, 1.807) is 24.4 Å². The highest BCUT2D eigenvalue weighted by atomic mass is 35.5. The number of carbonyl (C=O) groups is 1. The van der Waals surface area contributed by atoms with Gasteiger partial charge in [0, 0.05) is 17.4 Å². The van der Waals surface area contributed by atoms with Crippen molar-refractivity contribution in [2.75, 3.05) is 6.61 Å². The van der Waals surface area contributed by atoms with Gasteiger partial charge in [0.2, 0.25) is 0 Å². The molecule has 0 radical (unpaired) electrons. The highest BCUT2D eigenvalue weighted by Crippen LogP contribution is 2.27. The second-order valence-electron chi connectivity index (χ2n) is 4.72. The van der Waals surface area contributed by atoms with Crippen LogP contribution in [-0.2, 0) is 16.1 Å². The van der Waals surface area contributed by atoms with Crippen LogP contribution < -0.4 is 4.74 Å². The van der Waals surface area contributed by atoms with Crippen molar-refractivity contribution in [2.24, 2.45) is 0 Å². The Morgan fingerprint density at radius 3 is 2.87 bits per heavy atom. The number of aromatic nitrogens is 2. The Balaban J connectivity index is 1.53. The molecule has 0 aliphatic carbocycles. The minimum Gasteiger partial charge on any atom is -0.480 e. The molecule has 0 atom stereocenters. The number of fused-ring (bicyclic) bond motifs is 1. The van der Waals surface area contributed by atoms with Gasteiger partial charge < -0.3 is 13.9 Å². The molecule has 5 nitrogen and oxygen atoms in total. The van der Waals surface area contributed by atoms with Gasteiger partial charge in [0.15, 0.2) is 6.61 Å². The molecule has 2 aromatic heterocycles. The maximum absolute atomic E-state index is 11.7. The van der Waals surface area contributed by atoms with E-state index in [9.17, 15) is 4.79 Å². The highest BCUT2D eigenvalue weighted by molar-refractivity contribution is 6.35. The number of pyridine rings is 1. The van der Waals surface area contributed by atoms with Crippen LogP contribution in [0.25, 0.3) is 5.65 Å². The van der Waals surface area contributed by atoms with Crippen LogP contribution in [0.2, 0.25) is 10.0 Å². The van der Waals surface area contributed by atoms with Crippen LogP contribution in [0.1, 0.15) is 5.69 Å². The summed E-state index contributed by atoms with van der Waals surface area (Å²) in [4.78, 5) is 16.1. The molecule has 3 rings (SSSR count). The molecule has 0 fully saturated rings. The van der Waals surface area contributed by atoms with E-state index in [-0.39, 0.29) is 13.2 Å². The normalized spacial score (nSPS) is 10.7. The van der Waals surface area contributed by atoms with Gasteiger partial charge in [-0.05, 0) is 30.3 Å². The Morgan fingerprint density at radius 1 is 1.22 bits per heavy atom. The highest BCUT2D eigenvalue weighted by Gasteiger charge is 2.09. The van der Waals surface area contributed by atoms with Gasteiger partial charge in [-0.3, -0.25) is 0 Å². The van der Waals surface area contributed by atoms with Crippen molar-refractivity contribution in [3.8, 4) is 5.75 Å². The maximum Gasteiger partial charge on any atom is 0.344 e. The third-order valence-corrected chi connectivity index (χ3v) is 3.56.